The second-order valence-corrected chi connectivity index (χ2v) is 8.37. The molecule has 0 saturated carbocycles. The first-order chi connectivity index (χ1) is 16.0. The van der Waals surface area contributed by atoms with Crippen molar-refractivity contribution in [1.82, 2.24) is 4.90 Å². The lowest BCUT2D eigenvalue weighted by molar-refractivity contribution is -0.117. The second kappa shape index (κ2) is 16.0. The van der Waals surface area contributed by atoms with E-state index in [1.807, 2.05) is 26.8 Å². The van der Waals surface area contributed by atoms with E-state index in [9.17, 15) is 13.6 Å². The Morgan fingerprint density at radius 3 is 2.15 bits per heavy atom. The molecular weight excluding hydrogens is 432 g/mol. The smallest absolute Gasteiger partial charge is 0.270 e. The minimum absolute atomic E-state index is 0.0105. The predicted molar refractivity (Wildman–Crippen MR) is 142 cm³/mol. The van der Waals surface area contributed by atoms with Crippen LogP contribution < -0.4 is 5.32 Å². The number of alkyl halides is 2. The fourth-order valence-electron chi connectivity index (χ4n) is 2.95. The van der Waals surface area contributed by atoms with E-state index in [4.69, 9.17) is 0 Å². The summed E-state index contributed by atoms with van der Waals surface area (Å²) in [6, 6.07) is 6.45. The van der Waals surface area contributed by atoms with Crippen LogP contribution in [0.15, 0.2) is 66.5 Å². The molecule has 6 heteroatoms. The van der Waals surface area contributed by atoms with Crippen molar-refractivity contribution in [3.8, 4) is 0 Å². The Hall–Kier alpha value is -2.76. The first kappa shape index (κ1) is 31.2. The summed E-state index contributed by atoms with van der Waals surface area (Å²) in [5.74, 6) is -1.77. The van der Waals surface area contributed by atoms with Crippen molar-refractivity contribution in [2.24, 2.45) is 10.9 Å². The normalized spacial score (nSPS) is 13.5. The minimum atomic E-state index is -2.84. The highest BCUT2D eigenvalue weighted by Crippen LogP contribution is 2.28. The number of halogens is 2. The number of benzene rings is 1. The van der Waals surface area contributed by atoms with E-state index >= 15 is 0 Å². The van der Waals surface area contributed by atoms with Crippen molar-refractivity contribution in [2.45, 2.75) is 79.7 Å². The number of nitrogens with one attached hydrogen (secondary N) is 1. The average Bonchev–Trinajstić information content (AvgIpc) is 2.82. The van der Waals surface area contributed by atoms with Crippen LogP contribution in [-0.4, -0.2) is 29.1 Å². The van der Waals surface area contributed by atoms with Crippen LogP contribution in [0, 0.1) is 5.92 Å². The zero-order valence-corrected chi connectivity index (χ0v) is 22.0. The molecule has 34 heavy (non-hydrogen) atoms. The van der Waals surface area contributed by atoms with Crippen LogP contribution in [0.5, 0.6) is 0 Å². The summed E-state index contributed by atoms with van der Waals surface area (Å²) in [6.07, 6.45) is 7.88. The van der Waals surface area contributed by atoms with Gasteiger partial charge in [0.15, 0.2) is 11.6 Å². The molecule has 4 nitrogen and oxygen atoms in total. The standard InChI is InChI=1S/C21H31F2N3.C7H12O/c1-7-14-24-20(26(15-8-2)16(4)9-3)17(5)25-19-12-10-18(11-13-19)21(6,22)23;1-4-6(3)7(8)5-2/h7,10-14,16,25H,5,8-9,15H2,1-4,6H3;5-6H,2,4H2,1,3H3/b14-7-,24-20?;. The Bertz CT molecular complexity index is 823. The maximum atomic E-state index is 13.4. The Morgan fingerprint density at radius 1 is 1.18 bits per heavy atom. The molecule has 0 saturated heterocycles. The molecular formula is C28H43F2N3O. The number of ketones is 1. The van der Waals surface area contributed by atoms with Gasteiger partial charge in [-0.3, -0.25) is 4.79 Å². The topological polar surface area (TPSA) is 44.7 Å². The lowest BCUT2D eigenvalue weighted by Crippen LogP contribution is -2.41. The maximum absolute atomic E-state index is 13.4. The number of anilines is 1. The zero-order valence-electron chi connectivity index (χ0n) is 22.0. The molecule has 1 N–H and O–H groups in total. The SMILES string of the molecule is C=C(Nc1ccc(C(C)(F)F)cc1)C(=N/C=C\C)N(CCC)C(C)CC.C=CC(=O)C(C)CC. The van der Waals surface area contributed by atoms with Crippen molar-refractivity contribution in [3.63, 3.8) is 0 Å². The van der Waals surface area contributed by atoms with Crippen LogP contribution in [0.1, 0.15) is 73.3 Å². The van der Waals surface area contributed by atoms with E-state index in [-0.39, 0.29) is 17.3 Å². The third-order valence-electron chi connectivity index (χ3n) is 5.46. The van der Waals surface area contributed by atoms with Crippen molar-refractivity contribution in [3.05, 3.63) is 67.0 Å². The van der Waals surface area contributed by atoms with Crippen molar-refractivity contribution < 1.29 is 13.6 Å². The molecule has 0 amide bonds. The monoisotopic (exact) mass is 475 g/mol. The summed E-state index contributed by atoms with van der Waals surface area (Å²) in [4.78, 5) is 17.4. The third kappa shape index (κ3) is 10.9. The summed E-state index contributed by atoms with van der Waals surface area (Å²) < 4.78 is 26.7. The number of amidine groups is 1. The van der Waals surface area contributed by atoms with Gasteiger partial charge in [0.05, 0.1) is 5.70 Å². The molecule has 190 valence electrons. The Labute approximate surface area is 205 Å². The molecule has 0 aromatic heterocycles. The number of allylic oxidation sites excluding steroid dienone is 2. The fourth-order valence-corrected chi connectivity index (χ4v) is 2.95. The maximum Gasteiger partial charge on any atom is 0.270 e. The van der Waals surface area contributed by atoms with Crippen LogP contribution in [0.2, 0.25) is 0 Å². The highest BCUT2D eigenvalue weighted by atomic mass is 19.3. The van der Waals surface area contributed by atoms with E-state index in [1.54, 1.807) is 18.3 Å². The van der Waals surface area contributed by atoms with Crippen molar-refractivity contribution >= 4 is 17.3 Å². The molecule has 0 aliphatic heterocycles. The molecule has 0 aliphatic rings. The number of nitrogens with zero attached hydrogens (tertiary/aromatic N) is 2. The lowest BCUT2D eigenvalue weighted by Gasteiger charge is -2.32. The average molecular weight is 476 g/mol. The molecule has 1 rings (SSSR count). The highest BCUT2D eigenvalue weighted by Gasteiger charge is 2.24. The predicted octanol–water partition coefficient (Wildman–Crippen LogP) is 7.95. The van der Waals surface area contributed by atoms with Crippen LogP contribution >= 0.6 is 0 Å². The number of carbonyl (C=O) groups is 1. The molecule has 0 aliphatic carbocycles. The number of aliphatic imine (C=N–C) groups is 1. The number of hydrogen-bond acceptors (Lipinski definition) is 3. The molecule has 0 radical (unpaired) electrons. The molecule has 2 unspecified atom stereocenters. The van der Waals surface area contributed by atoms with E-state index in [1.165, 1.54) is 18.2 Å². The first-order valence-corrected chi connectivity index (χ1v) is 12.0. The Balaban J connectivity index is 0.00000116. The third-order valence-corrected chi connectivity index (χ3v) is 5.46. The van der Waals surface area contributed by atoms with E-state index in [2.05, 4.69) is 49.1 Å². The van der Waals surface area contributed by atoms with Gasteiger partial charge in [-0.05, 0) is 51.3 Å². The van der Waals surface area contributed by atoms with Gasteiger partial charge >= 0.3 is 0 Å². The summed E-state index contributed by atoms with van der Waals surface area (Å²) in [7, 11) is 0. The number of rotatable bonds is 12. The first-order valence-electron chi connectivity index (χ1n) is 12.0. The van der Waals surface area contributed by atoms with E-state index in [0.29, 0.717) is 17.4 Å². The quantitative estimate of drug-likeness (QED) is 0.189. The number of carbonyl (C=O) groups excluding carboxylic acids is 1. The molecule has 1 aromatic carbocycles. The Morgan fingerprint density at radius 2 is 1.76 bits per heavy atom. The van der Waals surface area contributed by atoms with Crippen molar-refractivity contribution in [2.75, 3.05) is 11.9 Å². The highest BCUT2D eigenvalue weighted by molar-refractivity contribution is 6.00. The van der Waals surface area contributed by atoms with E-state index < -0.39 is 5.92 Å². The van der Waals surface area contributed by atoms with Gasteiger partial charge < -0.3 is 10.2 Å². The molecule has 0 heterocycles. The summed E-state index contributed by atoms with van der Waals surface area (Å²) in [5.41, 5.74) is 1.34. The van der Waals surface area contributed by atoms with Gasteiger partial charge in [0, 0.05) is 42.9 Å². The summed E-state index contributed by atoms with van der Waals surface area (Å²) in [5, 5.41) is 3.20. The van der Waals surface area contributed by atoms with Crippen LogP contribution in [0.3, 0.4) is 0 Å². The molecule has 0 fully saturated rings. The van der Waals surface area contributed by atoms with Crippen LogP contribution in [0.4, 0.5) is 14.5 Å². The zero-order chi connectivity index (χ0) is 26.3. The van der Waals surface area contributed by atoms with Gasteiger partial charge in [-0.2, -0.15) is 0 Å². The van der Waals surface area contributed by atoms with Crippen LogP contribution in [0.25, 0.3) is 0 Å². The summed E-state index contributed by atoms with van der Waals surface area (Å²) >= 11 is 0. The second-order valence-electron chi connectivity index (χ2n) is 8.37. The van der Waals surface area contributed by atoms with Crippen LogP contribution in [-0.2, 0) is 10.7 Å². The van der Waals surface area contributed by atoms with E-state index in [0.717, 1.165) is 38.6 Å². The molecule has 0 bridgehead atoms. The van der Waals surface area contributed by atoms with Crippen molar-refractivity contribution in [1.29, 1.82) is 0 Å². The summed E-state index contributed by atoms with van der Waals surface area (Å²) in [6.45, 7) is 21.5. The largest absolute Gasteiger partial charge is 0.353 e. The van der Waals surface area contributed by atoms with Gasteiger partial charge in [-0.15, -0.1) is 0 Å². The molecule has 2 atom stereocenters. The number of hydrogen-bond donors (Lipinski definition) is 1. The Kier molecular flexibility index (Phi) is 14.7. The van der Waals surface area contributed by atoms with Gasteiger partial charge in [-0.1, -0.05) is 59.1 Å². The lowest BCUT2D eigenvalue weighted by atomic mass is 10.0. The van der Waals surface area contributed by atoms with Gasteiger partial charge in [-0.25, -0.2) is 13.8 Å². The minimum Gasteiger partial charge on any atom is -0.353 e. The van der Waals surface area contributed by atoms with Gasteiger partial charge in [0.2, 0.25) is 0 Å². The molecule has 1 aromatic rings. The molecule has 0 spiro atoms. The van der Waals surface area contributed by atoms with Gasteiger partial charge in [0.1, 0.15) is 0 Å². The van der Waals surface area contributed by atoms with Gasteiger partial charge in [0.25, 0.3) is 5.92 Å². The fraction of sp³-hybridized carbons (Fsp3) is 0.500.